The molecule has 0 aromatic heterocycles. The number of piperazine rings is 1. The third-order valence-electron chi connectivity index (χ3n) is 4.52. The van der Waals surface area contributed by atoms with Crippen LogP contribution in [0.4, 0.5) is 0 Å². The lowest BCUT2D eigenvalue weighted by molar-refractivity contribution is 0.232. The van der Waals surface area contributed by atoms with Crippen molar-refractivity contribution in [2.45, 2.75) is 13.5 Å². The Kier molecular flexibility index (Phi) is 5.38. The largest absolute Gasteiger partial charge is 0.496 e. The molecule has 1 fully saturated rings. The topological polar surface area (TPSA) is 33.7 Å². The lowest BCUT2D eigenvalue weighted by Crippen LogP contribution is -2.42. The molecule has 0 atom stereocenters. The number of nitrogens with one attached hydrogen (secondary N) is 1. The number of aryl methyl sites for hydroxylation is 1. The highest BCUT2D eigenvalue weighted by Gasteiger charge is 2.17. The van der Waals surface area contributed by atoms with Crippen LogP contribution < -0.4 is 14.8 Å². The van der Waals surface area contributed by atoms with Crippen LogP contribution in [-0.4, -0.2) is 45.3 Å². The van der Waals surface area contributed by atoms with Crippen molar-refractivity contribution in [3.05, 3.63) is 47.5 Å². The van der Waals surface area contributed by atoms with E-state index in [1.54, 1.807) is 14.2 Å². The number of rotatable bonds is 5. The molecular formula is C20H26N2O2. The van der Waals surface area contributed by atoms with E-state index in [4.69, 9.17) is 9.47 Å². The Hall–Kier alpha value is -2.04. The van der Waals surface area contributed by atoms with E-state index in [0.717, 1.165) is 55.3 Å². The third-order valence-corrected chi connectivity index (χ3v) is 4.52. The maximum atomic E-state index is 5.69. The summed E-state index contributed by atoms with van der Waals surface area (Å²) in [6.07, 6.45) is 0. The van der Waals surface area contributed by atoms with Gasteiger partial charge in [-0.15, -0.1) is 0 Å². The zero-order valence-electron chi connectivity index (χ0n) is 14.8. The first-order chi connectivity index (χ1) is 11.7. The third kappa shape index (κ3) is 3.71. The van der Waals surface area contributed by atoms with Crippen molar-refractivity contribution >= 4 is 0 Å². The smallest absolute Gasteiger partial charge is 0.130 e. The number of benzene rings is 2. The maximum Gasteiger partial charge on any atom is 0.130 e. The Morgan fingerprint density at radius 1 is 0.958 bits per heavy atom. The van der Waals surface area contributed by atoms with Gasteiger partial charge in [0.05, 0.1) is 19.8 Å². The normalized spacial score (nSPS) is 15.3. The molecule has 0 aliphatic carbocycles. The molecule has 1 N–H and O–H groups in total. The Morgan fingerprint density at radius 3 is 2.08 bits per heavy atom. The maximum absolute atomic E-state index is 5.69. The summed E-state index contributed by atoms with van der Waals surface area (Å²) in [5.41, 5.74) is 4.60. The Morgan fingerprint density at radius 2 is 1.54 bits per heavy atom. The summed E-state index contributed by atoms with van der Waals surface area (Å²) in [5, 5.41) is 3.39. The number of methoxy groups -OCH3 is 2. The second-order valence-corrected chi connectivity index (χ2v) is 6.27. The molecule has 1 heterocycles. The summed E-state index contributed by atoms with van der Waals surface area (Å²) >= 11 is 0. The summed E-state index contributed by atoms with van der Waals surface area (Å²) in [6.45, 7) is 7.26. The molecular weight excluding hydrogens is 300 g/mol. The van der Waals surface area contributed by atoms with Crippen molar-refractivity contribution in [3.63, 3.8) is 0 Å². The first kappa shape index (κ1) is 16.8. The molecule has 3 rings (SSSR count). The molecule has 1 saturated heterocycles. The molecule has 4 heteroatoms. The van der Waals surface area contributed by atoms with Crippen LogP contribution in [0.3, 0.4) is 0 Å². The molecule has 0 unspecified atom stereocenters. The van der Waals surface area contributed by atoms with Gasteiger partial charge in [-0.25, -0.2) is 0 Å². The van der Waals surface area contributed by atoms with Crippen LogP contribution in [0.2, 0.25) is 0 Å². The van der Waals surface area contributed by atoms with Crippen LogP contribution >= 0.6 is 0 Å². The molecule has 2 aromatic carbocycles. The molecule has 1 aliphatic heterocycles. The average molecular weight is 326 g/mol. The SMILES string of the molecule is COc1cc(CN2CCNCC2)cc(OC)c1-c1ccc(C)cc1. The highest BCUT2D eigenvalue weighted by Crippen LogP contribution is 2.39. The first-order valence-electron chi connectivity index (χ1n) is 8.46. The van der Waals surface area contributed by atoms with Crippen LogP contribution in [0, 0.1) is 6.92 Å². The highest BCUT2D eigenvalue weighted by atomic mass is 16.5. The quantitative estimate of drug-likeness (QED) is 0.915. The Balaban J connectivity index is 1.95. The standard InChI is InChI=1S/C20H26N2O2/c1-15-4-6-17(7-5-15)20-18(23-2)12-16(13-19(20)24-3)14-22-10-8-21-9-11-22/h4-7,12-13,21H,8-11,14H2,1-3H3. The molecule has 0 saturated carbocycles. The van der Waals surface area contributed by atoms with E-state index >= 15 is 0 Å². The second-order valence-electron chi connectivity index (χ2n) is 6.27. The van der Waals surface area contributed by atoms with Gasteiger partial charge in [-0.05, 0) is 30.2 Å². The van der Waals surface area contributed by atoms with Gasteiger partial charge in [0, 0.05) is 32.7 Å². The van der Waals surface area contributed by atoms with E-state index in [9.17, 15) is 0 Å². The molecule has 0 radical (unpaired) electrons. The summed E-state index contributed by atoms with van der Waals surface area (Å²) in [4.78, 5) is 2.45. The van der Waals surface area contributed by atoms with Gasteiger partial charge in [0.15, 0.2) is 0 Å². The molecule has 0 amide bonds. The van der Waals surface area contributed by atoms with Gasteiger partial charge in [-0.2, -0.15) is 0 Å². The number of hydrogen-bond donors (Lipinski definition) is 1. The van der Waals surface area contributed by atoms with Gasteiger partial charge in [0.1, 0.15) is 11.5 Å². The minimum atomic E-state index is 0.864. The van der Waals surface area contributed by atoms with Crippen molar-refractivity contribution in [2.24, 2.45) is 0 Å². The fourth-order valence-electron chi connectivity index (χ4n) is 3.19. The van der Waals surface area contributed by atoms with Gasteiger partial charge < -0.3 is 14.8 Å². The highest BCUT2D eigenvalue weighted by molar-refractivity contribution is 5.77. The zero-order valence-corrected chi connectivity index (χ0v) is 14.8. The average Bonchev–Trinajstić information content (AvgIpc) is 2.62. The Bertz CT molecular complexity index is 652. The van der Waals surface area contributed by atoms with E-state index in [2.05, 4.69) is 53.5 Å². The number of nitrogens with zero attached hydrogens (tertiary/aromatic N) is 1. The summed E-state index contributed by atoms with van der Waals surface area (Å²) in [7, 11) is 3.45. The summed E-state index contributed by atoms with van der Waals surface area (Å²) in [6, 6.07) is 12.7. The monoisotopic (exact) mass is 326 g/mol. The van der Waals surface area contributed by atoms with Crippen LogP contribution in [0.1, 0.15) is 11.1 Å². The van der Waals surface area contributed by atoms with Gasteiger partial charge in [-0.3, -0.25) is 4.90 Å². The Labute approximate surface area is 144 Å². The lowest BCUT2D eigenvalue weighted by Gasteiger charge is -2.27. The van der Waals surface area contributed by atoms with E-state index in [0.29, 0.717) is 0 Å². The minimum absolute atomic E-state index is 0.864. The van der Waals surface area contributed by atoms with Crippen molar-refractivity contribution < 1.29 is 9.47 Å². The van der Waals surface area contributed by atoms with Gasteiger partial charge in [0.2, 0.25) is 0 Å². The predicted octanol–water partition coefficient (Wildman–Crippen LogP) is 3.08. The van der Waals surface area contributed by atoms with Crippen LogP contribution in [0.25, 0.3) is 11.1 Å². The van der Waals surface area contributed by atoms with Crippen LogP contribution in [0.15, 0.2) is 36.4 Å². The molecule has 128 valence electrons. The van der Waals surface area contributed by atoms with Crippen LogP contribution in [0.5, 0.6) is 11.5 Å². The zero-order chi connectivity index (χ0) is 16.9. The molecule has 1 aliphatic rings. The molecule has 0 spiro atoms. The fourth-order valence-corrected chi connectivity index (χ4v) is 3.19. The van der Waals surface area contributed by atoms with Crippen molar-refractivity contribution in [1.82, 2.24) is 10.2 Å². The predicted molar refractivity (Wildman–Crippen MR) is 97.9 cm³/mol. The van der Waals surface area contributed by atoms with Crippen molar-refractivity contribution in [3.8, 4) is 22.6 Å². The van der Waals surface area contributed by atoms with Crippen molar-refractivity contribution in [1.29, 1.82) is 0 Å². The first-order valence-corrected chi connectivity index (χ1v) is 8.46. The molecule has 24 heavy (non-hydrogen) atoms. The van der Waals surface area contributed by atoms with Gasteiger partial charge in [0.25, 0.3) is 0 Å². The van der Waals surface area contributed by atoms with E-state index in [1.807, 2.05) is 0 Å². The summed E-state index contributed by atoms with van der Waals surface area (Å²) in [5.74, 6) is 1.73. The molecule has 0 bridgehead atoms. The lowest BCUT2D eigenvalue weighted by atomic mass is 9.99. The van der Waals surface area contributed by atoms with Crippen LogP contribution in [-0.2, 0) is 6.54 Å². The van der Waals surface area contributed by atoms with E-state index < -0.39 is 0 Å². The minimum Gasteiger partial charge on any atom is -0.496 e. The summed E-state index contributed by atoms with van der Waals surface area (Å²) < 4.78 is 11.4. The van der Waals surface area contributed by atoms with Gasteiger partial charge >= 0.3 is 0 Å². The number of hydrogen-bond acceptors (Lipinski definition) is 4. The number of ether oxygens (including phenoxy) is 2. The second kappa shape index (κ2) is 7.69. The fraction of sp³-hybridized carbons (Fsp3) is 0.400. The van der Waals surface area contributed by atoms with Crippen molar-refractivity contribution in [2.75, 3.05) is 40.4 Å². The van der Waals surface area contributed by atoms with E-state index in [1.165, 1.54) is 11.1 Å². The van der Waals surface area contributed by atoms with Gasteiger partial charge in [-0.1, -0.05) is 29.8 Å². The molecule has 2 aromatic rings. The van der Waals surface area contributed by atoms with E-state index in [-0.39, 0.29) is 0 Å². The molecule has 4 nitrogen and oxygen atoms in total.